The molecule has 0 unspecified atom stereocenters. The van der Waals surface area contributed by atoms with E-state index < -0.39 is 0 Å². The number of hydrogen-bond donors (Lipinski definition) is 2. The lowest BCUT2D eigenvalue weighted by atomic mass is 10.3. The highest BCUT2D eigenvalue weighted by molar-refractivity contribution is 5.55. The zero-order valence-corrected chi connectivity index (χ0v) is 8.36. The molecule has 1 aromatic carbocycles. The maximum absolute atomic E-state index is 9.16. The van der Waals surface area contributed by atoms with Crippen molar-refractivity contribution in [1.29, 1.82) is 0 Å². The monoisotopic (exact) mass is 197 g/mol. The highest BCUT2D eigenvalue weighted by Crippen LogP contribution is 2.24. The molecule has 1 aromatic rings. The van der Waals surface area contributed by atoms with Crippen LogP contribution in [-0.4, -0.2) is 24.9 Å². The Balaban J connectivity index is 2.55. The second-order valence-electron chi connectivity index (χ2n) is 3.08. The maximum Gasteiger partial charge on any atom is 0.138 e. The van der Waals surface area contributed by atoms with Crippen molar-refractivity contribution in [3.63, 3.8) is 0 Å². The average Bonchev–Trinajstić information content (AvgIpc) is 2.19. The van der Waals surface area contributed by atoms with E-state index >= 15 is 0 Å². The molecule has 0 bridgehead atoms. The summed E-state index contributed by atoms with van der Waals surface area (Å²) >= 11 is 0. The smallest absolute Gasteiger partial charge is 0.138 e. The fraction of sp³-hybridized carbons (Fsp3) is 0.400. The third-order valence-electron chi connectivity index (χ3n) is 1.89. The summed E-state index contributed by atoms with van der Waals surface area (Å²) in [5.74, 6) is 0.696. The Labute approximate surface area is 83.3 Å². The van der Waals surface area contributed by atoms with Crippen LogP contribution in [0.25, 0.3) is 0 Å². The molecule has 0 aliphatic rings. The van der Waals surface area contributed by atoms with Crippen molar-refractivity contribution in [2.24, 2.45) is 0 Å². The first-order valence-corrected chi connectivity index (χ1v) is 4.37. The van der Waals surface area contributed by atoms with Gasteiger partial charge in [-0.2, -0.15) is 0 Å². The quantitative estimate of drug-likeness (QED) is 0.565. The summed E-state index contributed by atoms with van der Waals surface area (Å²) in [6.07, 6.45) is 0.0324. The van der Waals surface area contributed by atoms with Crippen LogP contribution in [0.5, 0.6) is 11.5 Å². The van der Waals surface area contributed by atoms with E-state index in [-0.39, 0.29) is 11.9 Å². The molecular formula is C10H15NO3. The number of methoxy groups -OCH3 is 1. The molecule has 0 amide bonds. The lowest BCUT2D eigenvalue weighted by Crippen LogP contribution is -2.15. The van der Waals surface area contributed by atoms with Gasteiger partial charge in [0.2, 0.25) is 0 Å². The summed E-state index contributed by atoms with van der Waals surface area (Å²) in [5, 5.41) is 9.16. The number of nitrogen functional groups attached to an aromatic ring is 1. The van der Waals surface area contributed by atoms with Crippen molar-refractivity contribution in [2.45, 2.75) is 13.0 Å². The molecule has 0 aliphatic carbocycles. The van der Waals surface area contributed by atoms with E-state index in [9.17, 15) is 0 Å². The molecule has 0 saturated heterocycles. The van der Waals surface area contributed by atoms with Crippen LogP contribution in [0.1, 0.15) is 6.92 Å². The number of nitrogens with two attached hydrogens (primary N) is 1. The van der Waals surface area contributed by atoms with E-state index in [0.717, 1.165) is 0 Å². The number of hydrogen-bond acceptors (Lipinski definition) is 4. The van der Waals surface area contributed by atoms with E-state index in [1.54, 1.807) is 19.2 Å². The summed E-state index contributed by atoms with van der Waals surface area (Å²) in [5.41, 5.74) is 5.81. The fourth-order valence-corrected chi connectivity index (χ4v) is 0.904. The predicted octanol–water partition coefficient (Wildman–Crippen LogP) is 1.39. The molecule has 0 aliphatic heterocycles. The Morgan fingerprint density at radius 1 is 1.50 bits per heavy atom. The number of ether oxygens (including phenoxy) is 2. The minimum Gasteiger partial charge on any atom is -0.506 e. The van der Waals surface area contributed by atoms with Gasteiger partial charge in [0.1, 0.15) is 18.1 Å². The molecule has 0 aromatic heterocycles. The Morgan fingerprint density at radius 2 is 2.21 bits per heavy atom. The third kappa shape index (κ3) is 2.81. The molecule has 0 radical (unpaired) electrons. The van der Waals surface area contributed by atoms with Crippen molar-refractivity contribution in [3.05, 3.63) is 18.2 Å². The summed E-state index contributed by atoms with van der Waals surface area (Å²) in [6, 6.07) is 4.74. The average molecular weight is 197 g/mol. The molecule has 4 heteroatoms. The van der Waals surface area contributed by atoms with E-state index in [1.807, 2.05) is 6.92 Å². The third-order valence-corrected chi connectivity index (χ3v) is 1.89. The van der Waals surface area contributed by atoms with Gasteiger partial charge in [-0.25, -0.2) is 0 Å². The van der Waals surface area contributed by atoms with Crippen LogP contribution in [0, 0.1) is 0 Å². The lowest BCUT2D eigenvalue weighted by molar-refractivity contribution is 0.0717. The van der Waals surface area contributed by atoms with E-state index in [0.29, 0.717) is 18.0 Å². The number of aromatic hydroxyl groups is 1. The van der Waals surface area contributed by atoms with Crippen molar-refractivity contribution < 1.29 is 14.6 Å². The Hall–Kier alpha value is -1.42. The molecule has 0 saturated carbocycles. The van der Waals surface area contributed by atoms with E-state index in [2.05, 4.69) is 0 Å². The van der Waals surface area contributed by atoms with Gasteiger partial charge in [0.05, 0.1) is 11.8 Å². The molecular weight excluding hydrogens is 182 g/mol. The summed E-state index contributed by atoms with van der Waals surface area (Å²) in [6.45, 7) is 2.37. The number of phenols is 1. The molecule has 0 fully saturated rings. The SMILES string of the molecule is CO[C@H](C)COc1ccc(O)c(N)c1. The van der Waals surface area contributed by atoms with Gasteiger partial charge in [-0.15, -0.1) is 0 Å². The molecule has 14 heavy (non-hydrogen) atoms. The van der Waals surface area contributed by atoms with Crippen LogP contribution < -0.4 is 10.5 Å². The minimum absolute atomic E-state index is 0.0324. The minimum atomic E-state index is 0.0324. The zero-order chi connectivity index (χ0) is 10.6. The first-order chi connectivity index (χ1) is 6.63. The molecule has 3 N–H and O–H groups in total. The molecule has 0 heterocycles. The largest absolute Gasteiger partial charge is 0.506 e. The topological polar surface area (TPSA) is 64.7 Å². The molecule has 1 rings (SSSR count). The van der Waals surface area contributed by atoms with Crippen LogP contribution in [0.3, 0.4) is 0 Å². The predicted molar refractivity (Wildman–Crippen MR) is 54.5 cm³/mol. The maximum atomic E-state index is 9.16. The zero-order valence-electron chi connectivity index (χ0n) is 8.36. The van der Waals surface area contributed by atoms with Crippen LogP contribution >= 0.6 is 0 Å². The van der Waals surface area contributed by atoms with Crippen LogP contribution in [0.4, 0.5) is 5.69 Å². The second kappa shape index (κ2) is 4.72. The second-order valence-corrected chi connectivity index (χ2v) is 3.08. The number of anilines is 1. The van der Waals surface area contributed by atoms with Crippen molar-refractivity contribution in [1.82, 2.24) is 0 Å². The van der Waals surface area contributed by atoms with Crippen molar-refractivity contribution >= 4 is 5.69 Å². The summed E-state index contributed by atoms with van der Waals surface area (Å²) in [7, 11) is 1.62. The molecule has 0 spiro atoms. The van der Waals surface area contributed by atoms with E-state index in [1.165, 1.54) is 6.07 Å². The van der Waals surface area contributed by atoms with Gasteiger partial charge in [-0.05, 0) is 19.1 Å². The standard InChI is InChI=1S/C10H15NO3/c1-7(13-2)6-14-8-3-4-10(12)9(11)5-8/h3-5,7,12H,6,11H2,1-2H3/t7-/m1/s1. The highest BCUT2D eigenvalue weighted by Gasteiger charge is 2.02. The molecule has 1 atom stereocenters. The Bertz CT molecular complexity index is 301. The van der Waals surface area contributed by atoms with Crippen LogP contribution in [-0.2, 0) is 4.74 Å². The highest BCUT2D eigenvalue weighted by atomic mass is 16.5. The lowest BCUT2D eigenvalue weighted by Gasteiger charge is -2.11. The van der Waals surface area contributed by atoms with Gasteiger partial charge in [0.25, 0.3) is 0 Å². The first kappa shape index (κ1) is 10.7. The van der Waals surface area contributed by atoms with Crippen molar-refractivity contribution in [3.8, 4) is 11.5 Å². The van der Waals surface area contributed by atoms with Crippen LogP contribution in [0.2, 0.25) is 0 Å². The van der Waals surface area contributed by atoms with Gasteiger partial charge >= 0.3 is 0 Å². The van der Waals surface area contributed by atoms with Gasteiger partial charge in [-0.1, -0.05) is 0 Å². The van der Waals surface area contributed by atoms with E-state index in [4.69, 9.17) is 20.3 Å². The van der Waals surface area contributed by atoms with Crippen molar-refractivity contribution in [2.75, 3.05) is 19.5 Å². The Morgan fingerprint density at radius 3 is 2.79 bits per heavy atom. The molecule has 78 valence electrons. The Kier molecular flexibility index (Phi) is 3.59. The van der Waals surface area contributed by atoms with Gasteiger partial charge in [0, 0.05) is 13.2 Å². The normalized spacial score (nSPS) is 12.4. The first-order valence-electron chi connectivity index (χ1n) is 4.37. The molecule has 4 nitrogen and oxygen atoms in total. The number of phenolic OH excluding ortho intramolecular Hbond substituents is 1. The number of rotatable bonds is 4. The summed E-state index contributed by atoms with van der Waals surface area (Å²) in [4.78, 5) is 0. The van der Waals surface area contributed by atoms with Gasteiger partial charge < -0.3 is 20.3 Å². The van der Waals surface area contributed by atoms with Gasteiger partial charge in [0.15, 0.2) is 0 Å². The van der Waals surface area contributed by atoms with Gasteiger partial charge in [-0.3, -0.25) is 0 Å². The number of benzene rings is 1. The fourth-order valence-electron chi connectivity index (χ4n) is 0.904. The van der Waals surface area contributed by atoms with Crippen LogP contribution in [0.15, 0.2) is 18.2 Å². The summed E-state index contributed by atoms with van der Waals surface area (Å²) < 4.78 is 10.4.